The van der Waals surface area contributed by atoms with Gasteiger partial charge >= 0.3 is 0 Å². The van der Waals surface area contributed by atoms with E-state index < -0.39 is 27.6 Å². The van der Waals surface area contributed by atoms with Crippen molar-refractivity contribution in [3.63, 3.8) is 0 Å². The van der Waals surface area contributed by atoms with E-state index in [9.17, 15) is 22.0 Å². The van der Waals surface area contributed by atoms with Crippen molar-refractivity contribution in [1.82, 2.24) is 13.9 Å². The maximum Gasteiger partial charge on any atom is 0.242 e. The quantitative estimate of drug-likeness (QED) is 0.617. The third-order valence-corrected chi connectivity index (χ3v) is 6.49. The lowest BCUT2D eigenvalue weighted by atomic mass is 10.2. The lowest BCUT2D eigenvalue weighted by Gasteiger charge is -2.11. The molecule has 2 aromatic carbocycles. The molecular weight excluding hydrogens is 414 g/mol. The zero-order valence-electron chi connectivity index (χ0n) is 16.8. The van der Waals surface area contributed by atoms with Gasteiger partial charge < -0.3 is 9.88 Å². The molecule has 1 N–H and O–H groups in total. The van der Waals surface area contributed by atoms with Crippen LogP contribution in [-0.2, 0) is 27.8 Å². The first-order valence-corrected chi connectivity index (χ1v) is 10.7. The molecule has 1 aromatic heterocycles. The summed E-state index contributed by atoms with van der Waals surface area (Å²) in [5, 5.41) is 2.42. The van der Waals surface area contributed by atoms with Gasteiger partial charge in [0.25, 0.3) is 0 Å². The van der Waals surface area contributed by atoms with E-state index in [1.165, 1.54) is 26.2 Å². The highest BCUT2D eigenvalue weighted by molar-refractivity contribution is 7.89. The van der Waals surface area contributed by atoms with Crippen LogP contribution < -0.4 is 5.32 Å². The van der Waals surface area contributed by atoms with Crippen molar-refractivity contribution in [2.24, 2.45) is 0 Å². The number of anilines is 1. The number of rotatable bonds is 7. The van der Waals surface area contributed by atoms with Crippen LogP contribution in [0.5, 0.6) is 0 Å². The van der Waals surface area contributed by atoms with Crippen molar-refractivity contribution in [3.05, 3.63) is 53.9 Å². The van der Waals surface area contributed by atoms with Gasteiger partial charge in [0.2, 0.25) is 15.9 Å². The van der Waals surface area contributed by atoms with Gasteiger partial charge in [-0.15, -0.1) is 0 Å². The van der Waals surface area contributed by atoms with Gasteiger partial charge in [0.15, 0.2) is 0 Å². The van der Waals surface area contributed by atoms with Crippen molar-refractivity contribution < 1.29 is 22.0 Å². The Labute approximate surface area is 173 Å². The molecule has 0 radical (unpaired) electrons. The number of sulfonamides is 1. The summed E-state index contributed by atoms with van der Waals surface area (Å²) in [6, 6.07) is 7.66. The molecule has 0 bridgehead atoms. The molecular formula is C20H22F2N4O3S. The number of imidazole rings is 1. The number of amides is 1. The summed E-state index contributed by atoms with van der Waals surface area (Å²) < 4.78 is 54.4. The minimum atomic E-state index is -3.59. The number of aromatic nitrogens is 2. The molecule has 10 heteroatoms. The molecule has 160 valence electrons. The number of fused-ring (bicyclic) bond motifs is 1. The molecule has 0 fully saturated rings. The van der Waals surface area contributed by atoms with Crippen molar-refractivity contribution in [3.8, 4) is 0 Å². The zero-order chi connectivity index (χ0) is 22.1. The van der Waals surface area contributed by atoms with Crippen molar-refractivity contribution in [2.45, 2.75) is 31.2 Å². The molecule has 7 nitrogen and oxygen atoms in total. The highest BCUT2D eigenvalue weighted by Gasteiger charge is 2.20. The smallest absolute Gasteiger partial charge is 0.242 e. The maximum absolute atomic E-state index is 13.7. The van der Waals surface area contributed by atoms with E-state index in [0.29, 0.717) is 24.0 Å². The molecule has 0 spiro atoms. The first-order valence-electron chi connectivity index (χ1n) is 9.30. The highest BCUT2D eigenvalue weighted by Crippen LogP contribution is 2.23. The molecule has 1 amide bonds. The van der Waals surface area contributed by atoms with Gasteiger partial charge in [-0.05, 0) is 37.3 Å². The second kappa shape index (κ2) is 8.49. The average molecular weight is 436 g/mol. The number of carbonyl (C=O) groups excluding carboxylic acids is 1. The van der Waals surface area contributed by atoms with Crippen LogP contribution in [0.3, 0.4) is 0 Å². The molecule has 1 heterocycles. The Hall–Kier alpha value is -2.85. The molecule has 3 aromatic rings. The molecule has 0 saturated heterocycles. The van der Waals surface area contributed by atoms with Crippen LogP contribution in [0.15, 0.2) is 41.3 Å². The summed E-state index contributed by atoms with van der Waals surface area (Å²) in [7, 11) is -0.675. The van der Waals surface area contributed by atoms with E-state index in [4.69, 9.17) is 0 Å². The Morgan fingerprint density at radius 1 is 1.17 bits per heavy atom. The Kier molecular flexibility index (Phi) is 6.18. The molecule has 3 rings (SSSR count). The molecule has 30 heavy (non-hydrogen) atoms. The van der Waals surface area contributed by atoms with Crippen molar-refractivity contribution >= 4 is 32.7 Å². The van der Waals surface area contributed by atoms with Crippen LogP contribution in [0, 0.1) is 11.6 Å². The van der Waals surface area contributed by atoms with Gasteiger partial charge in [-0.3, -0.25) is 4.79 Å². The minimum Gasteiger partial charge on any atom is -0.328 e. The van der Waals surface area contributed by atoms with E-state index in [1.54, 1.807) is 6.07 Å². The van der Waals surface area contributed by atoms with E-state index in [-0.39, 0.29) is 23.4 Å². The zero-order valence-corrected chi connectivity index (χ0v) is 17.6. The maximum atomic E-state index is 13.7. The van der Waals surface area contributed by atoms with Crippen molar-refractivity contribution in [2.75, 3.05) is 19.4 Å². The highest BCUT2D eigenvalue weighted by atomic mass is 32.2. The molecule has 0 unspecified atom stereocenters. The van der Waals surface area contributed by atoms with Crippen LogP contribution >= 0.6 is 0 Å². The van der Waals surface area contributed by atoms with Gasteiger partial charge in [-0.1, -0.05) is 0 Å². The molecule has 0 aliphatic rings. The number of halogens is 2. The number of nitrogens with zero attached hydrogens (tertiary/aromatic N) is 3. The normalized spacial score (nSPS) is 11.9. The minimum absolute atomic E-state index is 0.0307. The summed E-state index contributed by atoms with van der Waals surface area (Å²) in [4.78, 5) is 16.8. The number of nitrogens with one attached hydrogen (secondary N) is 1. The SMILES string of the molecule is CCn1c(CCC(=O)Nc2ccc(F)cc2F)nc2cc(S(=O)(=O)N(C)C)ccc21. The second-order valence-electron chi connectivity index (χ2n) is 6.88. The molecule has 0 aliphatic carbocycles. The van der Waals surface area contributed by atoms with Crippen LogP contribution in [-0.4, -0.2) is 42.3 Å². The fraction of sp³-hybridized carbons (Fsp3) is 0.300. The number of aryl methyl sites for hydroxylation is 2. The van der Waals surface area contributed by atoms with E-state index >= 15 is 0 Å². The summed E-state index contributed by atoms with van der Waals surface area (Å²) in [5.41, 5.74) is 1.18. The lowest BCUT2D eigenvalue weighted by molar-refractivity contribution is -0.116. The van der Waals surface area contributed by atoms with E-state index in [0.717, 1.165) is 22.0 Å². The molecule has 0 saturated carbocycles. The number of benzene rings is 2. The van der Waals surface area contributed by atoms with Gasteiger partial charge in [-0.25, -0.2) is 26.5 Å². The summed E-state index contributed by atoms with van der Waals surface area (Å²) in [6.07, 6.45) is 0.302. The number of hydrogen-bond donors (Lipinski definition) is 1. The van der Waals surface area contributed by atoms with Gasteiger partial charge in [-0.2, -0.15) is 0 Å². The Morgan fingerprint density at radius 2 is 1.90 bits per heavy atom. The summed E-state index contributed by atoms with van der Waals surface area (Å²) in [5.74, 6) is -1.40. The summed E-state index contributed by atoms with van der Waals surface area (Å²) >= 11 is 0. The predicted octanol–water partition coefficient (Wildman–Crippen LogP) is 3.16. The number of carbonyl (C=O) groups is 1. The standard InChI is InChI=1S/C20H22F2N4O3S/c1-4-26-18-8-6-14(30(28,29)25(2)3)12-17(18)23-19(26)9-10-20(27)24-16-7-5-13(21)11-15(16)22/h5-8,11-12H,4,9-10H2,1-3H3,(H,24,27). The molecule has 0 aliphatic heterocycles. The average Bonchev–Trinajstić information content (AvgIpc) is 3.05. The van der Waals surface area contributed by atoms with E-state index in [1.807, 2.05) is 11.5 Å². The Bertz CT molecular complexity index is 1210. The topological polar surface area (TPSA) is 84.3 Å². The largest absolute Gasteiger partial charge is 0.328 e. The van der Waals surface area contributed by atoms with Gasteiger partial charge in [0, 0.05) is 39.5 Å². The third-order valence-electron chi connectivity index (χ3n) is 4.67. The predicted molar refractivity (Wildman–Crippen MR) is 110 cm³/mol. The fourth-order valence-electron chi connectivity index (χ4n) is 3.10. The second-order valence-corrected chi connectivity index (χ2v) is 9.03. The third kappa shape index (κ3) is 4.34. The van der Waals surface area contributed by atoms with Crippen LogP contribution in [0.25, 0.3) is 11.0 Å². The number of hydrogen-bond acceptors (Lipinski definition) is 4. The van der Waals surface area contributed by atoms with Crippen LogP contribution in [0.4, 0.5) is 14.5 Å². The lowest BCUT2D eigenvalue weighted by Crippen LogP contribution is -2.22. The van der Waals surface area contributed by atoms with Gasteiger partial charge in [0.05, 0.1) is 21.6 Å². The van der Waals surface area contributed by atoms with Crippen molar-refractivity contribution in [1.29, 1.82) is 0 Å². The monoisotopic (exact) mass is 436 g/mol. The van der Waals surface area contributed by atoms with Gasteiger partial charge in [0.1, 0.15) is 17.5 Å². The molecule has 0 atom stereocenters. The van der Waals surface area contributed by atoms with Crippen LogP contribution in [0.1, 0.15) is 19.2 Å². The first kappa shape index (κ1) is 21.8. The van der Waals surface area contributed by atoms with E-state index in [2.05, 4.69) is 10.3 Å². The van der Waals surface area contributed by atoms with Crippen LogP contribution in [0.2, 0.25) is 0 Å². The Balaban J connectivity index is 1.81. The summed E-state index contributed by atoms with van der Waals surface area (Å²) in [6.45, 7) is 2.50. The fourth-order valence-corrected chi connectivity index (χ4v) is 4.03. The first-order chi connectivity index (χ1) is 14.1. The Morgan fingerprint density at radius 3 is 2.53 bits per heavy atom.